The van der Waals surface area contributed by atoms with Crippen LogP contribution in [0.2, 0.25) is 0 Å². The topological polar surface area (TPSA) is 75.4 Å². The number of amides is 1. The fraction of sp³-hybridized carbons (Fsp3) is 0.900. The maximum Gasteiger partial charge on any atom is 0.217 e. The molecule has 4 heteroatoms. The van der Waals surface area contributed by atoms with E-state index in [2.05, 4.69) is 5.32 Å². The molecule has 84 valence electrons. The summed E-state index contributed by atoms with van der Waals surface area (Å²) in [6, 6.07) is 0. The highest BCUT2D eigenvalue weighted by atomic mass is 16.2. The third-order valence-electron chi connectivity index (χ3n) is 2.04. The summed E-state index contributed by atoms with van der Waals surface area (Å²) < 4.78 is 0. The van der Waals surface area contributed by atoms with Crippen molar-refractivity contribution in [3.8, 4) is 0 Å². The van der Waals surface area contributed by atoms with Gasteiger partial charge >= 0.3 is 0 Å². The van der Waals surface area contributed by atoms with E-state index in [0.29, 0.717) is 13.0 Å². The highest BCUT2D eigenvalue weighted by Crippen LogP contribution is 1.97. The molecule has 0 aliphatic rings. The number of carbonyl (C=O) groups is 1. The average Bonchev–Trinajstić information content (AvgIpc) is 2.15. The van der Waals surface area contributed by atoms with Gasteiger partial charge in [-0.25, -0.2) is 0 Å². The number of hydrogen-bond acceptors (Lipinski definition) is 3. The molecule has 1 amide bonds. The molecule has 0 unspecified atom stereocenters. The van der Waals surface area contributed by atoms with Crippen LogP contribution in [0.4, 0.5) is 0 Å². The normalized spacial score (nSPS) is 10.4. The zero-order chi connectivity index (χ0) is 10.6. The van der Waals surface area contributed by atoms with Crippen LogP contribution < -0.4 is 11.1 Å². The maximum atomic E-state index is 10.4. The van der Waals surface area contributed by atoms with Gasteiger partial charge in [0.1, 0.15) is 0 Å². The van der Waals surface area contributed by atoms with E-state index < -0.39 is 0 Å². The molecule has 0 heterocycles. The lowest BCUT2D eigenvalue weighted by molar-refractivity contribution is -0.118. The minimum atomic E-state index is -0.227. The van der Waals surface area contributed by atoms with Gasteiger partial charge in [-0.3, -0.25) is 4.79 Å². The van der Waals surface area contributed by atoms with E-state index in [0.717, 1.165) is 45.2 Å². The molecular formula is C10H22N2O2. The standard InChI is InChI=1S/C10H22N2O2/c11-10(14)6-5-8-12-7-3-1-2-4-9-13/h12-13H,1-9H2,(H2,11,14). The van der Waals surface area contributed by atoms with Gasteiger partial charge in [0.05, 0.1) is 0 Å². The Morgan fingerprint density at radius 3 is 2.36 bits per heavy atom. The van der Waals surface area contributed by atoms with Gasteiger partial charge in [-0.2, -0.15) is 0 Å². The number of rotatable bonds is 10. The van der Waals surface area contributed by atoms with Gasteiger partial charge in [-0.1, -0.05) is 12.8 Å². The lowest BCUT2D eigenvalue weighted by atomic mass is 10.2. The number of nitrogens with one attached hydrogen (secondary N) is 1. The largest absolute Gasteiger partial charge is 0.396 e. The summed E-state index contributed by atoms with van der Waals surface area (Å²) in [4.78, 5) is 10.4. The molecule has 0 aromatic heterocycles. The van der Waals surface area contributed by atoms with E-state index in [1.165, 1.54) is 0 Å². The molecule has 0 saturated heterocycles. The lowest BCUT2D eigenvalue weighted by Crippen LogP contribution is -2.19. The Kier molecular flexibility index (Phi) is 10.0. The highest BCUT2D eigenvalue weighted by Gasteiger charge is 1.93. The average molecular weight is 202 g/mol. The van der Waals surface area contributed by atoms with Crippen LogP contribution in [-0.4, -0.2) is 30.7 Å². The minimum Gasteiger partial charge on any atom is -0.396 e. The van der Waals surface area contributed by atoms with Crippen molar-refractivity contribution >= 4 is 5.91 Å². The zero-order valence-electron chi connectivity index (χ0n) is 8.80. The highest BCUT2D eigenvalue weighted by molar-refractivity contribution is 5.73. The third-order valence-corrected chi connectivity index (χ3v) is 2.04. The number of carbonyl (C=O) groups excluding carboxylic acids is 1. The molecule has 0 rings (SSSR count). The van der Waals surface area contributed by atoms with Gasteiger partial charge < -0.3 is 16.2 Å². The molecule has 0 radical (unpaired) electrons. The summed E-state index contributed by atoms with van der Waals surface area (Å²) in [7, 11) is 0. The smallest absolute Gasteiger partial charge is 0.217 e. The lowest BCUT2D eigenvalue weighted by Gasteiger charge is -2.03. The van der Waals surface area contributed by atoms with Crippen molar-refractivity contribution in [3.05, 3.63) is 0 Å². The maximum absolute atomic E-state index is 10.4. The van der Waals surface area contributed by atoms with Crippen LogP contribution in [0, 0.1) is 0 Å². The Labute approximate surface area is 85.9 Å². The molecule has 0 bridgehead atoms. The monoisotopic (exact) mass is 202 g/mol. The van der Waals surface area contributed by atoms with Gasteiger partial charge in [0, 0.05) is 13.0 Å². The van der Waals surface area contributed by atoms with E-state index >= 15 is 0 Å². The first-order valence-corrected chi connectivity index (χ1v) is 5.37. The first-order valence-electron chi connectivity index (χ1n) is 5.37. The summed E-state index contributed by atoms with van der Waals surface area (Å²) >= 11 is 0. The van der Waals surface area contributed by atoms with Crippen LogP contribution in [0.25, 0.3) is 0 Å². The Balaban J connectivity index is 2.88. The number of hydrogen-bond donors (Lipinski definition) is 3. The summed E-state index contributed by atoms with van der Waals surface area (Å²) in [5.41, 5.74) is 5.00. The number of aliphatic hydroxyl groups excluding tert-OH is 1. The Hall–Kier alpha value is -0.610. The van der Waals surface area contributed by atoms with Crippen molar-refractivity contribution in [2.45, 2.75) is 38.5 Å². The molecule has 0 aliphatic carbocycles. The molecule has 0 fully saturated rings. The quantitative estimate of drug-likeness (QED) is 0.449. The van der Waals surface area contributed by atoms with Crippen molar-refractivity contribution in [2.75, 3.05) is 19.7 Å². The van der Waals surface area contributed by atoms with E-state index in [-0.39, 0.29) is 5.91 Å². The van der Waals surface area contributed by atoms with Gasteiger partial charge in [-0.15, -0.1) is 0 Å². The summed E-state index contributed by atoms with van der Waals surface area (Å²) in [6.45, 7) is 2.15. The second-order valence-corrected chi connectivity index (χ2v) is 3.46. The van der Waals surface area contributed by atoms with Crippen molar-refractivity contribution in [1.82, 2.24) is 5.32 Å². The van der Waals surface area contributed by atoms with Crippen LogP contribution in [0.15, 0.2) is 0 Å². The van der Waals surface area contributed by atoms with Crippen molar-refractivity contribution < 1.29 is 9.90 Å². The second-order valence-electron chi connectivity index (χ2n) is 3.46. The number of aliphatic hydroxyl groups is 1. The molecule has 0 aromatic carbocycles. The van der Waals surface area contributed by atoms with E-state index in [1.54, 1.807) is 0 Å². The van der Waals surface area contributed by atoms with Crippen molar-refractivity contribution in [2.24, 2.45) is 5.73 Å². The molecule has 0 spiro atoms. The molecule has 0 aromatic rings. The fourth-order valence-electron chi connectivity index (χ4n) is 1.23. The fourth-order valence-corrected chi connectivity index (χ4v) is 1.23. The van der Waals surface area contributed by atoms with E-state index in [1.807, 2.05) is 0 Å². The van der Waals surface area contributed by atoms with E-state index in [4.69, 9.17) is 10.8 Å². The Bertz CT molecular complexity index is 140. The zero-order valence-corrected chi connectivity index (χ0v) is 8.80. The molecule has 4 N–H and O–H groups in total. The summed E-state index contributed by atoms with van der Waals surface area (Å²) in [5.74, 6) is -0.227. The molecule has 0 saturated carbocycles. The van der Waals surface area contributed by atoms with Crippen LogP contribution in [0.5, 0.6) is 0 Å². The summed E-state index contributed by atoms with van der Waals surface area (Å²) in [5, 5.41) is 11.8. The SMILES string of the molecule is NC(=O)CCCNCCCCCCO. The Morgan fingerprint density at radius 2 is 1.71 bits per heavy atom. The molecule has 14 heavy (non-hydrogen) atoms. The van der Waals surface area contributed by atoms with Gasteiger partial charge in [0.2, 0.25) is 5.91 Å². The molecular weight excluding hydrogens is 180 g/mol. The minimum absolute atomic E-state index is 0.227. The first kappa shape index (κ1) is 13.4. The number of unbranched alkanes of at least 4 members (excludes halogenated alkanes) is 3. The van der Waals surface area contributed by atoms with Crippen molar-refractivity contribution in [3.63, 3.8) is 0 Å². The predicted octanol–water partition coefficient (Wildman–Crippen LogP) is 0.394. The van der Waals surface area contributed by atoms with Gasteiger partial charge in [-0.05, 0) is 32.4 Å². The first-order chi connectivity index (χ1) is 6.77. The van der Waals surface area contributed by atoms with Crippen LogP contribution in [-0.2, 0) is 4.79 Å². The van der Waals surface area contributed by atoms with Crippen LogP contribution in [0.1, 0.15) is 38.5 Å². The van der Waals surface area contributed by atoms with Crippen LogP contribution in [0.3, 0.4) is 0 Å². The number of primary amides is 1. The Morgan fingerprint density at radius 1 is 1.07 bits per heavy atom. The number of nitrogens with two attached hydrogens (primary N) is 1. The second kappa shape index (κ2) is 10.5. The predicted molar refractivity (Wildman–Crippen MR) is 56.9 cm³/mol. The van der Waals surface area contributed by atoms with Gasteiger partial charge in [0.25, 0.3) is 0 Å². The molecule has 0 atom stereocenters. The molecule has 0 aliphatic heterocycles. The van der Waals surface area contributed by atoms with Gasteiger partial charge in [0.15, 0.2) is 0 Å². The van der Waals surface area contributed by atoms with E-state index in [9.17, 15) is 4.79 Å². The molecule has 4 nitrogen and oxygen atoms in total. The third kappa shape index (κ3) is 11.4. The van der Waals surface area contributed by atoms with Crippen molar-refractivity contribution in [1.29, 1.82) is 0 Å². The van der Waals surface area contributed by atoms with Crippen LogP contribution >= 0.6 is 0 Å². The summed E-state index contributed by atoms with van der Waals surface area (Å²) in [6.07, 6.45) is 5.59.